The third-order valence-electron chi connectivity index (χ3n) is 3.48. The van der Waals surface area contributed by atoms with Gasteiger partial charge in [0.2, 0.25) is 0 Å². The number of hydrogen-bond donors (Lipinski definition) is 0. The highest BCUT2D eigenvalue weighted by atomic mass is 79.9. The molecule has 0 saturated heterocycles. The van der Waals surface area contributed by atoms with Gasteiger partial charge in [0.15, 0.2) is 0 Å². The molecule has 2 aromatic rings. The lowest BCUT2D eigenvalue weighted by atomic mass is 9.95. The summed E-state index contributed by atoms with van der Waals surface area (Å²) in [5.74, 6) is -0.0263. The molecule has 0 saturated carbocycles. The second kappa shape index (κ2) is 5.42. The van der Waals surface area contributed by atoms with Gasteiger partial charge in [-0.05, 0) is 28.1 Å². The standard InChI is InChI=1S/C15H10BrNO5/c1-21-11-4-2-3-8-7-22-15(18)13-9(12(8)11)5-6-10(14(13)16)17(19)20/h2-6H,7H2,1H3. The lowest BCUT2D eigenvalue weighted by Gasteiger charge is -2.12. The largest absolute Gasteiger partial charge is 0.496 e. The fourth-order valence-electron chi connectivity index (χ4n) is 2.50. The first-order valence-corrected chi connectivity index (χ1v) is 7.14. The molecular weight excluding hydrogens is 354 g/mol. The first-order chi connectivity index (χ1) is 10.5. The van der Waals surface area contributed by atoms with E-state index in [1.54, 1.807) is 18.2 Å². The summed E-state index contributed by atoms with van der Waals surface area (Å²) < 4.78 is 10.7. The normalized spacial score (nSPS) is 12.7. The van der Waals surface area contributed by atoms with Crippen LogP contribution in [0.3, 0.4) is 0 Å². The topological polar surface area (TPSA) is 78.7 Å². The fraction of sp³-hybridized carbons (Fsp3) is 0.133. The van der Waals surface area contributed by atoms with E-state index in [1.807, 2.05) is 6.07 Å². The van der Waals surface area contributed by atoms with Crippen molar-refractivity contribution in [2.45, 2.75) is 6.61 Å². The molecule has 2 aromatic carbocycles. The predicted octanol–water partition coefficient (Wildman–Crippen LogP) is 3.70. The van der Waals surface area contributed by atoms with Crippen LogP contribution in [0.15, 0.2) is 34.8 Å². The Bertz CT molecular complexity index is 803. The molecule has 0 amide bonds. The van der Waals surface area contributed by atoms with E-state index in [9.17, 15) is 14.9 Å². The van der Waals surface area contributed by atoms with Gasteiger partial charge < -0.3 is 9.47 Å². The summed E-state index contributed by atoms with van der Waals surface area (Å²) in [7, 11) is 1.53. The smallest absolute Gasteiger partial charge is 0.340 e. The van der Waals surface area contributed by atoms with Crippen LogP contribution < -0.4 is 4.74 Å². The molecule has 0 bridgehead atoms. The van der Waals surface area contributed by atoms with Crippen molar-refractivity contribution in [3.8, 4) is 16.9 Å². The van der Waals surface area contributed by atoms with Crippen molar-refractivity contribution in [3.05, 3.63) is 56.0 Å². The maximum atomic E-state index is 12.3. The molecule has 0 N–H and O–H groups in total. The molecular formula is C15H10BrNO5. The van der Waals surface area contributed by atoms with E-state index in [0.717, 1.165) is 5.56 Å². The number of fused-ring (bicyclic) bond motifs is 3. The Morgan fingerprint density at radius 2 is 2.05 bits per heavy atom. The predicted molar refractivity (Wildman–Crippen MR) is 81.9 cm³/mol. The van der Waals surface area contributed by atoms with E-state index in [1.165, 1.54) is 13.2 Å². The lowest BCUT2D eigenvalue weighted by molar-refractivity contribution is -0.385. The van der Waals surface area contributed by atoms with Crippen molar-refractivity contribution >= 4 is 27.6 Å². The van der Waals surface area contributed by atoms with Crippen molar-refractivity contribution in [2.24, 2.45) is 0 Å². The van der Waals surface area contributed by atoms with Gasteiger partial charge in [-0.1, -0.05) is 12.1 Å². The zero-order valence-corrected chi connectivity index (χ0v) is 13.0. The number of cyclic esters (lactones) is 1. The Kier molecular flexibility index (Phi) is 3.58. The number of nitro groups is 1. The van der Waals surface area contributed by atoms with Gasteiger partial charge in [0.05, 0.1) is 17.6 Å². The van der Waals surface area contributed by atoms with Crippen LogP contribution in [0.5, 0.6) is 5.75 Å². The zero-order chi connectivity index (χ0) is 15.9. The molecule has 112 valence electrons. The zero-order valence-electron chi connectivity index (χ0n) is 11.5. The SMILES string of the molecule is COc1cccc2c1-c1ccc([N+](=O)[O-])c(Br)c1C(=O)OC2. The van der Waals surface area contributed by atoms with Crippen molar-refractivity contribution < 1.29 is 19.2 Å². The first-order valence-electron chi connectivity index (χ1n) is 6.35. The number of benzene rings is 2. The average Bonchev–Trinajstić information content (AvgIpc) is 2.65. The molecule has 1 heterocycles. The second-order valence-corrected chi connectivity index (χ2v) is 5.44. The molecule has 0 aromatic heterocycles. The number of nitro benzene ring substituents is 1. The quantitative estimate of drug-likeness (QED) is 0.461. The van der Waals surface area contributed by atoms with Crippen molar-refractivity contribution in [1.29, 1.82) is 0 Å². The van der Waals surface area contributed by atoms with Crippen molar-refractivity contribution in [3.63, 3.8) is 0 Å². The van der Waals surface area contributed by atoms with Gasteiger partial charge in [0.1, 0.15) is 16.8 Å². The number of ether oxygens (including phenoxy) is 2. The molecule has 6 nitrogen and oxygen atoms in total. The summed E-state index contributed by atoms with van der Waals surface area (Å²) in [5, 5.41) is 11.1. The van der Waals surface area contributed by atoms with Crippen LogP contribution in [-0.4, -0.2) is 18.0 Å². The summed E-state index contributed by atoms with van der Waals surface area (Å²) in [6.07, 6.45) is 0. The summed E-state index contributed by atoms with van der Waals surface area (Å²) >= 11 is 3.16. The number of nitrogens with zero attached hydrogens (tertiary/aromatic N) is 1. The Morgan fingerprint density at radius 3 is 2.73 bits per heavy atom. The van der Waals surface area contributed by atoms with E-state index in [-0.39, 0.29) is 22.3 Å². The van der Waals surface area contributed by atoms with E-state index < -0.39 is 10.9 Å². The van der Waals surface area contributed by atoms with Crippen molar-refractivity contribution in [2.75, 3.05) is 7.11 Å². The molecule has 0 spiro atoms. The van der Waals surface area contributed by atoms with Crippen LogP contribution in [0.1, 0.15) is 15.9 Å². The average molecular weight is 364 g/mol. The summed E-state index contributed by atoms with van der Waals surface area (Å²) in [4.78, 5) is 22.8. The van der Waals surface area contributed by atoms with E-state index >= 15 is 0 Å². The minimum atomic E-state index is -0.608. The maximum absolute atomic E-state index is 12.3. The minimum absolute atomic E-state index is 0.0836. The lowest BCUT2D eigenvalue weighted by Crippen LogP contribution is -2.06. The Hall–Kier alpha value is -2.41. The number of carbonyl (C=O) groups excluding carboxylic acids is 1. The summed E-state index contributed by atoms with van der Waals surface area (Å²) in [6, 6.07) is 8.31. The second-order valence-electron chi connectivity index (χ2n) is 4.65. The molecule has 1 aliphatic heterocycles. The third kappa shape index (κ3) is 2.14. The number of halogens is 1. The van der Waals surface area contributed by atoms with Gasteiger partial charge in [-0.2, -0.15) is 0 Å². The van der Waals surface area contributed by atoms with Crippen LogP contribution in [-0.2, 0) is 11.3 Å². The Labute approximate surface area is 133 Å². The van der Waals surface area contributed by atoms with Gasteiger partial charge >= 0.3 is 5.97 Å². The van der Waals surface area contributed by atoms with E-state index in [4.69, 9.17) is 9.47 Å². The number of methoxy groups -OCH3 is 1. The minimum Gasteiger partial charge on any atom is -0.496 e. The van der Waals surface area contributed by atoms with Crippen LogP contribution >= 0.6 is 15.9 Å². The summed E-state index contributed by atoms with van der Waals surface area (Å²) in [5.41, 5.74) is 1.99. The van der Waals surface area contributed by atoms with Crippen LogP contribution in [0.4, 0.5) is 5.69 Å². The molecule has 0 aliphatic carbocycles. The molecule has 0 atom stereocenters. The van der Waals surface area contributed by atoms with Crippen molar-refractivity contribution in [1.82, 2.24) is 0 Å². The number of esters is 1. The van der Waals surface area contributed by atoms with Gasteiger partial charge in [0, 0.05) is 22.8 Å². The summed E-state index contributed by atoms with van der Waals surface area (Å²) in [6.45, 7) is 0.0836. The molecule has 7 heteroatoms. The fourth-order valence-corrected chi connectivity index (χ4v) is 3.15. The highest BCUT2D eigenvalue weighted by Gasteiger charge is 2.30. The van der Waals surface area contributed by atoms with E-state index in [0.29, 0.717) is 16.9 Å². The van der Waals surface area contributed by atoms with Crippen LogP contribution in [0.2, 0.25) is 0 Å². The maximum Gasteiger partial charge on any atom is 0.340 e. The molecule has 22 heavy (non-hydrogen) atoms. The van der Waals surface area contributed by atoms with Gasteiger partial charge in [-0.15, -0.1) is 0 Å². The Balaban J connectivity index is 2.38. The van der Waals surface area contributed by atoms with E-state index in [2.05, 4.69) is 15.9 Å². The first kappa shape index (κ1) is 14.5. The van der Waals surface area contributed by atoms with Gasteiger partial charge in [0.25, 0.3) is 5.69 Å². The third-order valence-corrected chi connectivity index (χ3v) is 4.29. The van der Waals surface area contributed by atoms with Gasteiger partial charge in [-0.25, -0.2) is 4.79 Å². The van der Waals surface area contributed by atoms with Crippen LogP contribution in [0, 0.1) is 10.1 Å². The molecule has 1 aliphatic rings. The Morgan fingerprint density at radius 1 is 1.27 bits per heavy atom. The number of rotatable bonds is 2. The number of carbonyl (C=O) groups is 1. The van der Waals surface area contributed by atoms with Gasteiger partial charge in [-0.3, -0.25) is 10.1 Å². The molecule has 0 fully saturated rings. The number of hydrogen-bond acceptors (Lipinski definition) is 5. The van der Waals surface area contributed by atoms with Crippen LogP contribution in [0.25, 0.3) is 11.1 Å². The molecule has 3 rings (SSSR count). The highest BCUT2D eigenvalue weighted by Crippen LogP contribution is 2.43. The monoisotopic (exact) mass is 363 g/mol. The highest BCUT2D eigenvalue weighted by molar-refractivity contribution is 9.10. The molecule has 0 unspecified atom stereocenters. The molecule has 0 radical (unpaired) electrons.